The van der Waals surface area contributed by atoms with Crippen molar-refractivity contribution in [2.45, 2.75) is 32.1 Å². The zero-order chi connectivity index (χ0) is 14.1. The van der Waals surface area contributed by atoms with Gasteiger partial charge in [-0.2, -0.15) is 0 Å². The van der Waals surface area contributed by atoms with E-state index in [4.69, 9.17) is 5.73 Å². The van der Waals surface area contributed by atoms with E-state index >= 15 is 0 Å². The first-order valence-corrected chi connectivity index (χ1v) is 6.86. The predicted molar refractivity (Wildman–Crippen MR) is 71.8 cm³/mol. The number of anilines is 1. The minimum absolute atomic E-state index is 0.109. The van der Waals surface area contributed by atoms with Crippen LogP contribution in [0.2, 0.25) is 0 Å². The maximum absolute atomic E-state index is 11.4. The van der Waals surface area contributed by atoms with Crippen LogP contribution in [-0.4, -0.2) is 35.7 Å². The van der Waals surface area contributed by atoms with E-state index in [9.17, 15) is 9.59 Å². The van der Waals surface area contributed by atoms with Crippen molar-refractivity contribution in [3.05, 3.63) is 5.01 Å². The van der Waals surface area contributed by atoms with Gasteiger partial charge in [0.2, 0.25) is 11.0 Å². The fourth-order valence-corrected chi connectivity index (χ4v) is 2.13. The number of carbonyl (C=O) groups is 2. The second-order valence-electron chi connectivity index (χ2n) is 3.87. The Kier molecular flexibility index (Phi) is 6.98. The fourth-order valence-electron chi connectivity index (χ4n) is 1.34. The summed E-state index contributed by atoms with van der Waals surface area (Å²) < 4.78 is 4.54. The highest BCUT2D eigenvalue weighted by molar-refractivity contribution is 7.15. The summed E-state index contributed by atoms with van der Waals surface area (Å²) in [6.07, 6.45) is 2.69. The Balaban J connectivity index is 2.31. The lowest BCUT2D eigenvalue weighted by Gasteiger charge is -1.98. The van der Waals surface area contributed by atoms with Crippen LogP contribution in [0.4, 0.5) is 5.13 Å². The molecule has 0 aliphatic heterocycles. The Morgan fingerprint density at radius 3 is 2.79 bits per heavy atom. The molecule has 106 valence electrons. The first-order valence-electron chi connectivity index (χ1n) is 6.04. The highest BCUT2D eigenvalue weighted by Gasteiger charge is 2.08. The molecule has 19 heavy (non-hydrogen) atoms. The number of methoxy groups -OCH3 is 1. The molecule has 1 rings (SSSR count). The van der Waals surface area contributed by atoms with Crippen molar-refractivity contribution >= 4 is 28.3 Å². The first kappa shape index (κ1) is 15.5. The highest BCUT2D eigenvalue weighted by Crippen LogP contribution is 2.17. The van der Waals surface area contributed by atoms with Gasteiger partial charge in [-0.15, -0.1) is 10.2 Å². The van der Waals surface area contributed by atoms with Crippen LogP contribution in [0.15, 0.2) is 0 Å². The van der Waals surface area contributed by atoms with E-state index in [1.165, 1.54) is 18.4 Å². The number of ether oxygens (including phenoxy) is 1. The predicted octanol–water partition coefficient (Wildman–Crippen LogP) is 0.711. The summed E-state index contributed by atoms with van der Waals surface area (Å²) in [6, 6.07) is 0. The molecule has 1 aromatic heterocycles. The molecular weight excluding hydrogens is 268 g/mol. The van der Waals surface area contributed by atoms with Gasteiger partial charge in [0.1, 0.15) is 5.01 Å². The van der Waals surface area contributed by atoms with E-state index in [0.29, 0.717) is 43.8 Å². The highest BCUT2D eigenvalue weighted by atomic mass is 32.1. The average molecular weight is 286 g/mol. The molecule has 0 aliphatic carbocycles. The SMILES string of the molecule is COC(=O)CCCc1nnc(NC(=O)CCCN)s1. The standard InChI is InChI=1S/C11H18N4O3S/c1-18-10(17)6-2-5-9-14-15-11(19-9)13-8(16)4-3-7-12/h2-7,12H2,1H3,(H,13,15,16). The molecule has 0 saturated heterocycles. The lowest BCUT2D eigenvalue weighted by molar-refractivity contribution is -0.140. The molecule has 1 aromatic rings. The number of hydrogen-bond donors (Lipinski definition) is 2. The van der Waals surface area contributed by atoms with Crippen molar-refractivity contribution < 1.29 is 14.3 Å². The maximum Gasteiger partial charge on any atom is 0.305 e. The number of aryl methyl sites for hydroxylation is 1. The summed E-state index contributed by atoms with van der Waals surface area (Å²) in [5, 5.41) is 11.8. The zero-order valence-electron chi connectivity index (χ0n) is 10.8. The van der Waals surface area contributed by atoms with Crippen molar-refractivity contribution in [3.8, 4) is 0 Å². The largest absolute Gasteiger partial charge is 0.469 e. The van der Waals surface area contributed by atoms with Crippen LogP contribution in [0.5, 0.6) is 0 Å². The van der Waals surface area contributed by atoms with Crippen molar-refractivity contribution in [2.75, 3.05) is 19.0 Å². The molecule has 0 fully saturated rings. The molecular formula is C11H18N4O3S. The third-order valence-corrected chi connectivity index (χ3v) is 3.22. The van der Waals surface area contributed by atoms with Crippen molar-refractivity contribution in [1.29, 1.82) is 0 Å². The van der Waals surface area contributed by atoms with E-state index in [1.807, 2.05) is 0 Å². The van der Waals surface area contributed by atoms with Crippen LogP contribution in [-0.2, 0) is 20.7 Å². The van der Waals surface area contributed by atoms with E-state index < -0.39 is 0 Å². The molecule has 7 nitrogen and oxygen atoms in total. The summed E-state index contributed by atoms with van der Waals surface area (Å²) in [5.41, 5.74) is 5.32. The summed E-state index contributed by atoms with van der Waals surface area (Å²) in [4.78, 5) is 22.4. The zero-order valence-corrected chi connectivity index (χ0v) is 11.7. The van der Waals surface area contributed by atoms with Gasteiger partial charge in [0.15, 0.2) is 0 Å². The number of aromatic nitrogens is 2. The van der Waals surface area contributed by atoms with Gasteiger partial charge >= 0.3 is 5.97 Å². The minimum atomic E-state index is -0.236. The second kappa shape index (κ2) is 8.54. The monoisotopic (exact) mass is 286 g/mol. The van der Waals surface area contributed by atoms with E-state index in [0.717, 1.165) is 5.01 Å². The molecule has 8 heteroatoms. The van der Waals surface area contributed by atoms with E-state index in [1.54, 1.807) is 0 Å². The van der Waals surface area contributed by atoms with Crippen molar-refractivity contribution in [3.63, 3.8) is 0 Å². The van der Waals surface area contributed by atoms with Crippen LogP contribution >= 0.6 is 11.3 Å². The van der Waals surface area contributed by atoms with E-state index in [2.05, 4.69) is 20.3 Å². The van der Waals surface area contributed by atoms with Gasteiger partial charge in [-0.05, 0) is 19.4 Å². The Labute approximate surface area is 115 Å². The van der Waals surface area contributed by atoms with Gasteiger partial charge in [-0.1, -0.05) is 11.3 Å². The van der Waals surface area contributed by atoms with Gasteiger partial charge in [0.25, 0.3) is 0 Å². The molecule has 1 heterocycles. The van der Waals surface area contributed by atoms with E-state index in [-0.39, 0.29) is 11.9 Å². The molecule has 0 atom stereocenters. The quantitative estimate of drug-likeness (QED) is 0.681. The van der Waals surface area contributed by atoms with Crippen LogP contribution in [0.25, 0.3) is 0 Å². The topological polar surface area (TPSA) is 107 Å². The number of nitrogens with two attached hydrogens (primary N) is 1. The molecule has 1 amide bonds. The van der Waals surface area contributed by atoms with Gasteiger partial charge in [0, 0.05) is 19.3 Å². The number of esters is 1. The lowest BCUT2D eigenvalue weighted by Crippen LogP contribution is -2.13. The second-order valence-corrected chi connectivity index (χ2v) is 4.93. The smallest absolute Gasteiger partial charge is 0.305 e. The number of carbonyl (C=O) groups excluding carboxylic acids is 2. The van der Waals surface area contributed by atoms with Crippen molar-refractivity contribution in [2.24, 2.45) is 5.73 Å². The van der Waals surface area contributed by atoms with Crippen LogP contribution in [0, 0.1) is 0 Å². The summed E-state index contributed by atoms with van der Waals surface area (Å²) in [7, 11) is 1.36. The molecule has 3 N–H and O–H groups in total. The van der Waals surface area contributed by atoms with Crippen LogP contribution < -0.4 is 11.1 Å². The average Bonchev–Trinajstić information content (AvgIpc) is 2.83. The number of hydrogen-bond acceptors (Lipinski definition) is 7. The Hall–Kier alpha value is -1.54. The van der Waals surface area contributed by atoms with Gasteiger partial charge in [-0.3, -0.25) is 9.59 Å². The maximum atomic E-state index is 11.4. The minimum Gasteiger partial charge on any atom is -0.469 e. The Bertz CT molecular complexity index is 422. The van der Waals surface area contributed by atoms with Crippen LogP contribution in [0.3, 0.4) is 0 Å². The summed E-state index contributed by atoms with van der Waals surface area (Å²) in [5.74, 6) is -0.345. The van der Waals surface area contributed by atoms with Gasteiger partial charge in [-0.25, -0.2) is 0 Å². The summed E-state index contributed by atoms with van der Waals surface area (Å²) in [6.45, 7) is 0.488. The molecule has 0 saturated carbocycles. The molecule has 0 spiro atoms. The third kappa shape index (κ3) is 6.25. The third-order valence-electron chi connectivity index (χ3n) is 2.32. The van der Waals surface area contributed by atoms with Gasteiger partial charge < -0.3 is 15.8 Å². The Morgan fingerprint density at radius 1 is 1.32 bits per heavy atom. The molecule has 0 aromatic carbocycles. The number of nitrogens with zero attached hydrogens (tertiary/aromatic N) is 2. The lowest BCUT2D eigenvalue weighted by atomic mass is 10.2. The first-order chi connectivity index (χ1) is 9.15. The van der Waals surface area contributed by atoms with Crippen LogP contribution in [0.1, 0.15) is 30.7 Å². The number of amides is 1. The van der Waals surface area contributed by atoms with Crippen molar-refractivity contribution in [1.82, 2.24) is 10.2 Å². The molecule has 0 aliphatic rings. The normalized spacial score (nSPS) is 10.2. The molecule has 0 bridgehead atoms. The van der Waals surface area contributed by atoms with Gasteiger partial charge in [0.05, 0.1) is 7.11 Å². The number of rotatable bonds is 8. The fraction of sp³-hybridized carbons (Fsp3) is 0.636. The molecule has 0 radical (unpaired) electrons. The summed E-state index contributed by atoms with van der Waals surface area (Å²) >= 11 is 1.32. The molecule has 0 unspecified atom stereocenters. The Morgan fingerprint density at radius 2 is 2.11 bits per heavy atom. The number of nitrogens with one attached hydrogen (secondary N) is 1.